The van der Waals surface area contributed by atoms with Gasteiger partial charge in [0.05, 0.1) is 19.4 Å². The average Bonchev–Trinajstić information content (AvgIpc) is 2.95. The third-order valence-electron chi connectivity index (χ3n) is 2.86. The minimum Gasteiger partial charge on any atom is -0.493 e. The molecule has 1 aromatic carbocycles. The lowest BCUT2D eigenvalue weighted by Gasteiger charge is -2.10. The Balaban J connectivity index is 2.28. The predicted octanol–water partition coefficient (Wildman–Crippen LogP) is 3.63. The van der Waals surface area contributed by atoms with Crippen LogP contribution in [0.4, 0.5) is 0 Å². The summed E-state index contributed by atoms with van der Waals surface area (Å²) in [7, 11) is 1.65. The van der Waals surface area contributed by atoms with Gasteiger partial charge in [-0.1, -0.05) is 6.92 Å². The number of thiazole rings is 1. The molecule has 0 saturated carbocycles. The number of nitrogens with zero attached hydrogens (tertiary/aromatic N) is 1. The largest absolute Gasteiger partial charge is 0.493 e. The summed E-state index contributed by atoms with van der Waals surface area (Å²) in [6.45, 7) is 4.69. The molecule has 108 valence electrons. The molecule has 0 fully saturated rings. The average molecular weight is 292 g/mol. The van der Waals surface area contributed by atoms with E-state index in [0.717, 1.165) is 34.2 Å². The van der Waals surface area contributed by atoms with Crippen molar-refractivity contribution in [1.82, 2.24) is 4.98 Å². The highest BCUT2D eigenvalue weighted by atomic mass is 32.1. The van der Waals surface area contributed by atoms with E-state index in [4.69, 9.17) is 15.2 Å². The first-order chi connectivity index (χ1) is 9.65. The van der Waals surface area contributed by atoms with Crippen LogP contribution in [0.15, 0.2) is 23.6 Å². The van der Waals surface area contributed by atoms with Gasteiger partial charge in [-0.2, -0.15) is 0 Å². The van der Waals surface area contributed by atoms with E-state index >= 15 is 0 Å². The van der Waals surface area contributed by atoms with Crippen LogP contribution in [0.3, 0.4) is 0 Å². The molecule has 0 radical (unpaired) electrons. The lowest BCUT2D eigenvalue weighted by Crippen LogP contribution is -2.04. The van der Waals surface area contributed by atoms with Gasteiger partial charge in [0.15, 0.2) is 11.5 Å². The van der Waals surface area contributed by atoms with E-state index in [0.29, 0.717) is 6.61 Å². The summed E-state index contributed by atoms with van der Waals surface area (Å²) in [6.07, 6.45) is 0.967. The molecule has 0 bridgehead atoms. The number of aromatic nitrogens is 1. The Kier molecular flexibility index (Phi) is 4.98. The fourth-order valence-electron chi connectivity index (χ4n) is 1.76. The third kappa shape index (κ3) is 3.29. The van der Waals surface area contributed by atoms with E-state index in [9.17, 15) is 0 Å². The smallest absolute Gasteiger partial charge is 0.161 e. The zero-order valence-corrected chi connectivity index (χ0v) is 12.9. The molecule has 20 heavy (non-hydrogen) atoms. The molecule has 1 heterocycles. The highest BCUT2D eigenvalue weighted by Gasteiger charge is 2.11. The van der Waals surface area contributed by atoms with E-state index in [-0.39, 0.29) is 6.04 Å². The monoisotopic (exact) mass is 292 g/mol. The zero-order valence-electron chi connectivity index (χ0n) is 12.1. The number of benzene rings is 1. The zero-order chi connectivity index (χ0) is 14.5. The van der Waals surface area contributed by atoms with E-state index in [2.05, 4.69) is 11.9 Å². The highest BCUT2D eigenvalue weighted by molar-refractivity contribution is 7.13. The molecule has 2 aromatic rings. The second-order valence-electron chi connectivity index (χ2n) is 4.58. The van der Waals surface area contributed by atoms with Gasteiger partial charge in [0, 0.05) is 17.0 Å². The molecule has 0 aliphatic heterocycles. The molecule has 2 rings (SSSR count). The lowest BCUT2D eigenvalue weighted by molar-refractivity contribution is 0.294. The van der Waals surface area contributed by atoms with Crippen molar-refractivity contribution in [3.05, 3.63) is 29.3 Å². The van der Waals surface area contributed by atoms with Crippen LogP contribution >= 0.6 is 11.3 Å². The van der Waals surface area contributed by atoms with Crippen LogP contribution in [-0.2, 0) is 0 Å². The summed E-state index contributed by atoms with van der Waals surface area (Å²) >= 11 is 1.59. The standard InChI is InChI=1S/C15H20N2O2S/c1-4-7-19-13-6-5-11(8-14(13)18-3)15-17-12(9-20-15)10(2)16/h5-6,8-10H,4,7,16H2,1-3H3. The van der Waals surface area contributed by atoms with Crippen LogP contribution in [-0.4, -0.2) is 18.7 Å². The summed E-state index contributed by atoms with van der Waals surface area (Å²) in [5.41, 5.74) is 7.77. The molecule has 1 unspecified atom stereocenters. The number of hydrogen-bond acceptors (Lipinski definition) is 5. The topological polar surface area (TPSA) is 57.4 Å². The van der Waals surface area contributed by atoms with Crippen LogP contribution in [0.1, 0.15) is 32.0 Å². The van der Waals surface area contributed by atoms with Crippen molar-refractivity contribution in [2.45, 2.75) is 26.3 Å². The number of rotatable bonds is 6. The SMILES string of the molecule is CCCOc1ccc(-c2nc(C(C)N)cs2)cc1OC. The molecule has 4 nitrogen and oxygen atoms in total. The number of nitrogens with two attached hydrogens (primary N) is 1. The number of hydrogen-bond donors (Lipinski definition) is 1. The maximum absolute atomic E-state index is 5.84. The summed E-state index contributed by atoms with van der Waals surface area (Å²) in [5.74, 6) is 1.50. The molecule has 0 spiro atoms. The quantitative estimate of drug-likeness (QED) is 0.883. The van der Waals surface area contributed by atoms with Gasteiger partial charge < -0.3 is 15.2 Å². The minimum atomic E-state index is -0.0472. The van der Waals surface area contributed by atoms with Crippen molar-refractivity contribution in [2.75, 3.05) is 13.7 Å². The van der Waals surface area contributed by atoms with E-state index < -0.39 is 0 Å². The molecule has 0 aliphatic carbocycles. The van der Waals surface area contributed by atoms with E-state index in [1.807, 2.05) is 30.5 Å². The third-order valence-corrected chi connectivity index (χ3v) is 3.77. The Morgan fingerprint density at radius 2 is 2.15 bits per heavy atom. The molecule has 5 heteroatoms. The van der Waals surface area contributed by atoms with Gasteiger partial charge in [-0.15, -0.1) is 11.3 Å². The Labute approximate surface area is 123 Å². The van der Waals surface area contributed by atoms with Gasteiger partial charge in [-0.3, -0.25) is 0 Å². The Bertz CT molecular complexity index is 567. The van der Waals surface area contributed by atoms with Crippen LogP contribution in [0, 0.1) is 0 Å². The van der Waals surface area contributed by atoms with Crippen molar-refractivity contribution < 1.29 is 9.47 Å². The highest BCUT2D eigenvalue weighted by Crippen LogP contribution is 2.34. The molecule has 1 aromatic heterocycles. The van der Waals surface area contributed by atoms with E-state index in [1.54, 1.807) is 18.4 Å². The normalized spacial score (nSPS) is 12.2. The molecule has 0 saturated heterocycles. The molecule has 0 amide bonds. The van der Waals surface area contributed by atoms with Gasteiger partial charge in [0.2, 0.25) is 0 Å². The first kappa shape index (κ1) is 14.8. The van der Waals surface area contributed by atoms with Crippen LogP contribution in [0.2, 0.25) is 0 Å². The fraction of sp³-hybridized carbons (Fsp3) is 0.400. The van der Waals surface area contributed by atoms with Crippen molar-refractivity contribution in [2.24, 2.45) is 5.73 Å². The second kappa shape index (κ2) is 6.72. The fourth-order valence-corrected chi connectivity index (χ4v) is 2.68. The van der Waals surface area contributed by atoms with E-state index in [1.165, 1.54) is 0 Å². The van der Waals surface area contributed by atoms with Gasteiger partial charge in [-0.05, 0) is 31.5 Å². The lowest BCUT2D eigenvalue weighted by atomic mass is 10.2. The Morgan fingerprint density at radius 1 is 1.35 bits per heavy atom. The summed E-state index contributed by atoms with van der Waals surface area (Å²) < 4.78 is 11.0. The predicted molar refractivity (Wildman–Crippen MR) is 82.5 cm³/mol. The molecule has 2 N–H and O–H groups in total. The maximum atomic E-state index is 5.84. The molecule has 0 aliphatic rings. The van der Waals surface area contributed by atoms with Crippen molar-refractivity contribution in [3.63, 3.8) is 0 Å². The minimum absolute atomic E-state index is 0.0472. The maximum Gasteiger partial charge on any atom is 0.161 e. The van der Waals surface area contributed by atoms with Crippen molar-refractivity contribution in [3.8, 4) is 22.1 Å². The summed E-state index contributed by atoms with van der Waals surface area (Å²) in [6, 6.07) is 5.83. The Morgan fingerprint density at radius 3 is 2.75 bits per heavy atom. The Hall–Kier alpha value is -1.59. The van der Waals surface area contributed by atoms with Gasteiger partial charge in [-0.25, -0.2) is 4.98 Å². The summed E-state index contributed by atoms with van der Waals surface area (Å²) in [5, 5.41) is 2.94. The number of methoxy groups -OCH3 is 1. The van der Waals surface area contributed by atoms with Gasteiger partial charge >= 0.3 is 0 Å². The second-order valence-corrected chi connectivity index (χ2v) is 5.44. The molecular formula is C15H20N2O2S. The first-order valence-corrected chi connectivity index (χ1v) is 7.56. The van der Waals surface area contributed by atoms with Crippen LogP contribution in [0.25, 0.3) is 10.6 Å². The first-order valence-electron chi connectivity index (χ1n) is 6.68. The van der Waals surface area contributed by atoms with Crippen LogP contribution in [0.5, 0.6) is 11.5 Å². The number of ether oxygens (including phenoxy) is 2. The molecular weight excluding hydrogens is 272 g/mol. The van der Waals surface area contributed by atoms with Crippen molar-refractivity contribution >= 4 is 11.3 Å². The van der Waals surface area contributed by atoms with Gasteiger partial charge in [0.25, 0.3) is 0 Å². The van der Waals surface area contributed by atoms with Gasteiger partial charge in [0.1, 0.15) is 5.01 Å². The molecule has 1 atom stereocenters. The van der Waals surface area contributed by atoms with Crippen molar-refractivity contribution in [1.29, 1.82) is 0 Å². The summed E-state index contributed by atoms with van der Waals surface area (Å²) in [4.78, 5) is 4.54. The van der Waals surface area contributed by atoms with Crippen LogP contribution < -0.4 is 15.2 Å².